The predicted octanol–water partition coefficient (Wildman–Crippen LogP) is 3.87. The second kappa shape index (κ2) is 6.24. The molecule has 1 heterocycles. The minimum absolute atomic E-state index is 0.326. The summed E-state index contributed by atoms with van der Waals surface area (Å²) in [5, 5.41) is 10.4. The first-order chi connectivity index (χ1) is 8.72. The van der Waals surface area contributed by atoms with E-state index in [1.807, 2.05) is 12.1 Å². The number of hydrogen-bond donors (Lipinski definition) is 1. The Bertz CT molecular complexity index is 387. The van der Waals surface area contributed by atoms with Crippen molar-refractivity contribution in [2.75, 3.05) is 6.61 Å². The molecule has 1 N–H and O–H groups in total. The number of aryl methyl sites for hydroxylation is 1. The predicted molar refractivity (Wildman–Crippen MR) is 73.9 cm³/mol. The van der Waals surface area contributed by atoms with E-state index in [0.29, 0.717) is 5.92 Å². The topological polar surface area (TPSA) is 29.5 Å². The van der Waals surface area contributed by atoms with Gasteiger partial charge in [-0.3, -0.25) is 0 Å². The highest BCUT2D eigenvalue weighted by Gasteiger charge is 2.18. The fourth-order valence-electron chi connectivity index (χ4n) is 2.58. The largest absolute Gasteiger partial charge is 0.493 e. The standard InChI is InChI=1S/C16H24O2/c1-3-4-6-12(2)16(17)14-8-9-15-13(11-14)7-5-10-18-15/h8-9,11-12,16-17H,3-7,10H2,1-2H3. The minimum Gasteiger partial charge on any atom is -0.493 e. The number of aliphatic hydroxyl groups is 1. The summed E-state index contributed by atoms with van der Waals surface area (Å²) in [6.45, 7) is 5.15. The van der Waals surface area contributed by atoms with Crippen molar-refractivity contribution < 1.29 is 9.84 Å². The monoisotopic (exact) mass is 248 g/mol. The molecule has 1 aromatic carbocycles. The third-order valence-electron chi connectivity index (χ3n) is 3.83. The number of benzene rings is 1. The second-order valence-electron chi connectivity index (χ2n) is 5.38. The lowest BCUT2D eigenvalue weighted by Crippen LogP contribution is -2.12. The van der Waals surface area contributed by atoms with Crippen molar-refractivity contribution in [3.63, 3.8) is 0 Å². The van der Waals surface area contributed by atoms with Crippen molar-refractivity contribution in [1.29, 1.82) is 0 Å². The van der Waals surface area contributed by atoms with Crippen molar-refractivity contribution in [3.05, 3.63) is 29.3 Å². The first-order valence-electron chi connectivity index (χ1n) is 7.16. The number of ether oxygens (including phenoxy) is 1. The van der Waals surface area contributed by atoms with Crippen LogP contribution in [-0.2, 0) is 6.42 Å². The van der Waals surface area contributed by atoms with Crippen molar-refractivity contribution in [2.45, 2.75) is 52.1 Å². The number of aliphatic hydroxyl groups excluding tert-OH is 1. The molecule has 0 spiro atoms. The van der Waals surface area contributed by atoms with E-state index < -0.39 is 0 Å². The highest BCUT2D eigenvalue weighted by atomic mass is 16.5. The Labute approximate surface area is 110 Å². The Balaban J connectivity index is 2.08. The van der Waals surface area contributed by atoms with Gasteiger partial charge in [0.05, 0.1) is 12.7 Å². The van der Waals surface area contributed by atoms with Crippen molar-refractivity contribution in [3.8, 4) is 5.75 Å². The number of fused-ring (bicyclic) bond motifs is 1. The van der Waals surface area contributed by atoms with Gasteiger partial charge in [0.15, 0.2) is 0 Å². The van der Waals surface area contributed by atoms with Crippen LogP contribution in [-0.4, -0.2) is 11.7 Å². The highest BCUT2D eigenvalue weighted by molar-refractivity contribution is 5.39. The van der Waals surface area contributed by atoms with Crippen LogP contribution in [0.25, 0.3) is 0 Å². The zero-order valence-corrected chi connectivity index (χ0v) is 11.5. The van der Waals surface area contributed by atoms with E-state index in [-0.39, 0.29) is 6.10 Å². The molecule has 2 unspecified atom stereocenters. The van der Waals surface area contributed by atoms with E-state index in [2.05, 4.69) is 19.9 Å². The molecule has 1 aliphatic heterocycles. The first kappa shape index (κ1) is 13.4. The van der Waals surface area contributed by atoms with E-state index in [1.165, 1.54) is 18.4 Å². The summed E-state index contributed by atoms with van der Waals surface area (Å²) >= 11 is 0. The molecule has 0 saturated heterocycles. The molecular weight excluding hydrogens is 224 g/mol. The van der Waals surface area contributed by atoms with Crippen LogP contribution in [0.2, 0.25) is 0 Å². The van der Waals surface area contributed by atoms with Gasteiger partial charge in [-0.1, -0.05) is 32.8 Å². The quantitative estimate of drug-likeness (QED) is 0.857. The molecule has 2 heteroatoms. The van der Waals surface area contributed by atoms with Crippen molar-refractivity contribution in [1.82, 2.24) is 0 Å². The summed E-state index contributed by atoms with van der Waals surface area (Å²) in [5.74, 6) is 1.32. The number of unbranched alkanes of at least 4 members (excludes halogenated alkanes) is 1. The molecule has 1 aliphatic rings. The molecule has 1 aromatic rings. The van der Waals surface area contributed by atoms with Crippen molar-refractivity contribution in [2.24, 2.45) is 5.92 Å². The average Bonchev–Trinajstić information content (AvgIpc) is 2.43. The molecule has 0 radical (unpaired) electrons. The molecule has 0 amide bonds. The van der Waals surface area contributed by atoms with Crippen LogP contribution >= 0.6 is 0 Å². The molecule has 18 heavy (non-hydrogen) atoms. The van der Waals surface area contributed by atoms with Crippen LogP contribution < -0.4 is 4.74 Å². The Morgan fingerprint density at radius 3 is 3.00 bits per heavy atom. The molecule has 0 bridgehead atoms. The Morgan fingerprint density at radius 2 is 2.22 bits per heavy atom. The third-order valence-corrected chi connectivity index (χ3v) is 3.83. The van der Waals surface area contributed by atoms with Crippen LogP contribution in [0.1, 0.15) is 56.8 Å². The van der Waals surface area contributed by atoms with Crippen LogP contribution in [0, 0.1) is 5.92 Å². The molecule has 0 fully saturated rings. The van der Waals surface area contributed by atoms with Crippen molar-refractivity contribution >= 4 is 0 Å². The van der Waals surface area contributed by atoms with Gasteiger partial charge in [0, 0.05) is 0 Å². The number of hydrogen-bond acceptors (Lipinski definition) is 2. The summed E-state index contributed by atoms with van der Waals surface area (Å²) < 4.78 is 5.60. The maximum atomic E-state index is 10.4. The summed E-state index contributed by atoms with van der Waals surface area (Å²) in [4.78, 5) is 0. The molecular formula is C16H24O2. The van der Waals surface area contributed by atoms with E-state index >= 15 is 0 Å². The lowest BCUT2D eigenvalue weighted by Gasteiger charge is -2.22. The summed E-state index contributed by atoms with van der Waals surface area (Å²) in [7, 11) is 0. The van der Waals surface area contributed by atoms with Crippen LogP contribution in [0.15, 0.2) is 18.2 Å². The highest BCUT2D eigenvalue weighted by Crippen LogP contribution is 2.31. The van der Waals surface area contributed by atoms with Crippen LogP contribution in [0.5, 0.6) is 5.75 Å². The van der Waals surface area contributed by atoms with Gasteiger partial charge in [-0.2, -0.15) is 0 Å². The molecule has 2 nitrogen and oxygen atoms in total. The maximum absolute atomic E-state index is 10.4. The van der Waals surface area contributed by atoms with E-state index in [4.69, 9.17) is 4.74 Å². The third kappa shape index (κ3) is 3.05. The fourth-order valence-corrected chi connectivity index (χ4v) is 2.58. The number of rotatable bonds is 5. The summed E-state index contributed by atoms with van der Waals surface area (Å²) in [5.41, 5.74) is 2.29. The average molecular weight is 248 g/mol. The molecule has 2 atom stereocenters. The Hall–Kier alpha value is -1.02. The lowest BCUT2D eigenvalue weighted by atomic mass is 9.91. The zero-order valence-electron chi connectivity index (χ0n) is 11.5. The van der Waals surface area contributed by atoms with Gasteiger partial charge >= 0.3 is 0 Å². The Morgan fingerprint density at radius 1 is 1.39 bits per heavy atom. The van der Waals surface area contributed by atoms with E-state index in [9.17, 15) is 5.11 Å². The Kier molecular flexibility index (Phi) is 4.65. The fraction of sp³-hybridized carbons (Fsp3) is 0.625. The maximum Gasteiger partial charge on any atom is 0.122 e. The molecule has 0 aromatic heterocycles. The minimum atomic E-state index is -0.344. The molecule has 100 valence electrons. The normalized spacial score (nSPS) is 17.7. The molecule has 0 saturated carbocycles. The van der Waals surface area contributed by atoms with Gasteiger partial charge in [-0.15, -0.1) is 0 Å². The molecule has 2 rings (SSSR count). The SMILES string of the molecule is CCCCC(C)C(O)c1ccc2c(c1)CCCO2. The van der Waals surface area contributed by atoms with Gasteiger partial charge in [-0.05, 0) is 48.4 Å². The van der Waals surface area contributed by atoms with Gasteiger partial charge in [0.1, 0.15) is 5.75 Å². The summed E-state index contributed by atoms with van der Waals surface area (Å²) in [6.07, 6.45) is 5.27. The van der Waals surface area contributed by atoms with E-state index in [1.54, 1.807) is 0 Å². The van der Waals surface area contributed by atoms with Gasteiger partial charge in [0.25, 0.3) is 0 Å². The summed E-state index contributed by atoms with van der Waals surface area (Å²) in [6, 6.07) is 6.15. The second-order valence-corrected chi connectivity index (χ2v) is 5.38. The van der Waals surface area contributed by atoms with Gasteiger partial charge in [0.2, 0.25) is 0 Å². The van der Waals surface area contributed by atoms with Crippen LogP contribution in [0.3, 0.4) is 0 Å². The van der Waals surface area contributed by atoms with E-state index in [0.717, 1.165) is 37.2 Å². The zero-order chi connectivity index (χ0) is 13.0. The van der Waals surface area contributed by atoms with Crippen LogP contribution in [0.4, 0.5) is 0 Å². The van der Waals surface area contributed by atoms with Gasteiger partial charge < -0.3 is 9.84 Å². The molecule has 0 aliphatic carbocycles. The van der Waals surface area contributed by atoms with Gasteiger partial charge in [-0.25, -0.2) is 0 Å². The smallest absolute Gasteiger partial charge is 0.122 e. The lowest BCUT2D eigenvalue weighted by molar-refractivity contribution is 0.111. The first-order valence-corrected chi connectivity index (χ1v) is 7.16.